The lowest BCUT2D eigenvalue weighted by molar-refractivity contribution is 0.556. The van der Waals surface area contributed by atoms with Crippen molar-refractivity contribution in [3.05, 3.63) is 41.9 Å². The molecule has 2 fully saturated rings. The van der Waals surface area contributed by atoms with Gasteiger partial charge in [0, 0.05) is 36.6 Å². The first-order valence-corrected chi connectivity index (χ1v) is 8.97. The van der Waals surface area contributed by atoms with E-state index in [2.05, 4.69) is 33.4 Å². The summed E-state index contributed by atoms with van der Waals surface area (Å²) in [5.74, 6) is 1.79. The van der Waals surface area contributed by atoms with Crippen LogP contribution in [0.1, 0.15) is 17.8 Å². The molecule has 2 aliphatic heterocycles. The highest BCUT2D eigenvalue weighted by atomic mass is 15.4. The number of pyridine rings is 1. The molecule has 6 nitrogen and oxygen atoms in total. The van der Waals surface area contributed by atoms with Crippen LogP contribution in [0.3, 0.4) is 0 Å². The van der Waals surface area contributed by atoms with Crippen LogP contribution in [-0.4, -0.2) is 45.3 Å². The summed E-state index contributed by atoms with van der Waals surface area (Å²) in [7, 11) is 0. The predicted molar refractivity (Wildman–Crippen MR) is 97.8 cm³/mol. The van der Waals surface area contributed by atoms with E-state index in [-0.39, 0.29) is 0 Å². The molecule has 0 radical (unpaired) electrons. The lowest BCUT2D eigenvalue weighted by atomic mass is 10.1. The number of aryl methyl sites for hydroxylation is 2. The molecule has 25 heavy (non-hydrogen) atoms. The molecule has 0 unspecified atom stereocenters. The molecule has 0 amide bonds. The number of aromatic nitrogens is 4. The van der Waals surface area contributed by atoms with Crippen LogP contribution in [0.2, 0.25) is 0 Å². The van der Waals surface area contributed by atoms with E-state index in [9.17, 15) is 0 Å². The van der Waals surface area contributed by atoms with Gasteiger partial charge in [0.1, 0.15) is 5.82 Å². The number of anilines is 1. The first-order chi connectivity index (χ1) is 12.2. The first-order valence-electron chi connectivity index (χ1n) is 8.97. The number of hydrogen-bond acceptors (Lipinski definition) is 5. The maximum Gasteiger partial charge on any atom is 0.154 e. The van der Waals surface area contributed by atoms with Crippen LogP contribution in [-0.2, 0) is 0 Å². The summed E-state index contributed by atoms with van der Waals surface area (Å²) in [6.45, 7) is 7.34. The number of rotatable bonds is 2. The molecule has 0 aromatic carbocycles. The van der Waals surface area contributed by atoms with Gasteiger partial charge in [0.25, 0.3) is 0 Å². The maximum atomic E-state index is 4.94. The molecule has 2 atom stereocenters. The van der Waals surface area contributed by atoms with Crippen molar-refractivity contribution < 1.29 is 0 Å². The van der Waals surface area contributed by atoms with E-state index in [1.165, 1.54) is 6.42 Å². The maximum absolute atomic E-state index is 4.94. The van der Waals surface area contributed by atoms with Crippen LogP contribution < -0.4 is 10.2 Å². The molecule has 6 heteroatoms. The van der Waals surface area contributed by atoms with Gasteiger partial charge in [-0.05, 0) is 57.0 Å². The van der Waals surface area contributed by atoms with Crippen molar-refractivity contribution in [1.29, 1.82) is 0 Å². The van der Waals surface area contributed by atoms with Gasteiger partial charge in [-0.2, -0.15) is 0 Å². The molecule has 0 spiro atoms. The van der Waals surface area contributed by atoms with Crippen LogP contribution in [0.5, 0.6) is 0 Å². The van der Waals surface area contributed by atoms with Gasteiger partial charge in [0.2, 0.25) is 0 Å². The number of hydrogen-bond donors (Lipinski definition) is 1. The molecule has 0 saturated carbocycles. The Morgan fingerprint density at radius 1 is 1.16 bits per heavy atom. The van der Waals surface area contributed by atoms with E-state index >= 15 is 0 Å². The third-order valence-electron chi connectivity index (χ3n) is 5.49. The molecule has 2 aliphatic rings. The Kier molecular flexibility index (Phi) is 3.28. The Labute approximate surface area is 146 Å². The fourth-order valence-electron chi connectivity index (χ4n) is 4.26. The second kappa shape index (κ2) is 5.52. The van der Waals surface area contributed by atoms with E-state index in [0.717, 1.165) is 59.7 Å². The van der Waals surface area contributed by atoms with Gasteiger partial charge in [0.15, 0.2) is 5.65 Å². The molecule has 0 aliphatic carbocycles. The summed E-state index contributed by atoms with van der Waals surface area (Å²) in [6, 6.07) is 8.92. The van der Waals surface area contributed by atoms with Crippen molar-refractivity contribution in [2.45, 2.75) is 26.3 Å². The summed E-state index contributed by atoms with van der Waals surface area (Å²) in [5.41, 5.74) is 5.06. The zero-order valence-corrected chi connectivity index (χ0v) is 14.6. The van der Waals surface area contributed by atoms with Crippen molar-refractivity contribution in [2.24, 2.45) is 5.92 Å². The van der Waals surface area contributed by atoms with Crippen LogP contribution in [0.25, 0.3) is 16.9 Å². The SMILES string of the molecule is Cc1cc(-c2c(C)nc3ccc(N4C[C@H]5CCN[C@@H]5C4)nn23)ccn1. The van der Waals surface area contributed by atoms with Crippen LogP contribution in [0, 0.1) is 19.8 Å². The van der Waals surface area contributed by atoms with E-state index in [4.69, 9.17) is 10.1 Å². The minimum Gasteiger partial charge on any atom is -0.353 e. The quantitative estimate of drug-likeness (QED) is 0.779. The smallest absolute Gasteiger partial charge is 0.154 e. The molecule has 128 valence electrons. The summed E-state index contributed by atoms with van der Waals surface area (Å²) in [4.78, 5) is 11.4. The Hall–Kier alpha value is -2.47. The number of fused-ring (bicyclic) bond motifs is 2. The monoisotopic (exact) mass is 334 g/mol. The number of nitrogens with one attached hydrogen (secondary N) is 1. The molecular weight excluding hydrogens is 312 g/mol. The number of nitrogens with zero attached hydrogens (tertiary/aromatic N) is 5. The average Bonchev–Trinajstić information content (AvgIpc) is 3.25. The van der Waals surface area contributed by atoms with E-state index in [1.54, 1.807) is 0 Å². The summed E-state index contributed by atoms with van der Waals surface area (Å²) < 4.78 is 1.99. The van der Waals surface area contributed by atoms with Gasteiger partial charge in [-0.25, -0.2) is 9.50 Å². The highest BCUT2D eigenvalue weighted by Crippen LogP contribution is 2.30. The molecular formula is C19H22N6. The van der Waals surface area contributed by atoms with Gasteiger partial charge in [0.05, 0.1) is 11.4 Å². The van der Waals surface area contributed by atoms with Gasteiger partial charge in [-0.1, -0.05) is 0 Å². The van der Waals surface area contributed by atoms with Gasteiger partial charge in [-0.3, -0.25) is 4.98 Å². The minimum absolute atomic E-state index is 0.615. The fourth-order valence-corrected chi connectivity index (χ4v) is 4.26. The topological polar surface area (TPSA) is 58.4 Å². The lowest BCUT2D eigenvalue weighted by Gasteiger charge is -2.18. The highest BCUT2D eigenvalue weighted by Gasteiger charge is 2.36. The standard InChI is InChI=1S/C19H22N6/c1-12-9-14(5-7-20-12)19-13(2)22-17-3-4-18(23-25(17)19)24-10-15-6-8-21-16(15)11-24/h3-5,7,9,15-16,21H,6,8,10-11H2,1-2H3/t15-,16-/m1/s1. The van der Waals surface area contributed by atoms with Crippen LogP contribution >= 0.6 is 0 Å². The van der Waals surface area contributed by atoms with Gasteiger partial charge >= 0.3 is 0 Å². The minimum atomic E-state index is 0.615. The second-order valence-corrected chi connectivity index (χ2v) is 7.21. The molecule has 3 aromatic heterocycles. The van der Waals surface area contributed by atoms with Gasteiger partial charge < -0.3 is 10.2 Å². The Morgan fingerprint density at radius 2 is 2.08 bits per heavy atom. The van der Waals surface area contributed by atoms with E-state index in [0.29, 0.717) is 6.04 Å². The molecule has 0 bridgehead atoms. The zero-order valence-electron chi connectivity index (χ0n) is 14.6. The lowest BCUT2D eigenvalue weighted by Crippen LogP contribution is -2.30. The first kappa shape index (κ1) is 14.8. The van der Waals surface area contributed by atoms with Crippen molar-refractivity contribution >= 4 is 11.5 Å². The Morgan fingerprint density at radius 3 is 2.92 bits per heavy atom. The van der Waals surface area contributed by atoms with Crippen molar-refractivity contribution in [2.75, 3.05) is 24.5 Å². The molecule has 2 saturated heterocycles. The molecule has 3 aromatic rings. The number of imidazole rings is 1. The molecule has 1 N–H and O–H groups in total. The predicted octanol–water partition coefficient (Wildman–Crippen LogP) is 2.21. The molecule has 5 heterocycles. The summed E-state index contributed by atoms with van der Waals surface area (Å²) >= 11 is 0. The van der Waals surface area contributed by atoms with Gasteiger partial charge in [-0.15, -0.1) is 5.10 Å². The fraction of sp³-hybridized carbons (Fsp3) is 0.421. The second-order valence-electron chi connectivity index (χ2n) is 7.21. The van der Waals surface area contributed by atoms with E-state index < -0.39 is 0 Å². The third kappa shape index (κ3) is 2.40. The largest absolute Gasteiger partial charge is 0.353 e. The Balaban J connectivity index is 1.58. The average molecular weight is 334 g/mol. The van der Waals surface area contributed by atoms with Crippen LogP contribution in [0.4, 0.5) is 5.82 Å². The van der Waals surface area contributed by atoms with Crippen molar-refractivity contribution in [3.8, 4) is 11.3 Å². The highest BCUT2D eigenvalue weighted by molar-refractivity contribution is 5.67. The summed E-state index contributed by atoms with van der Waals surface area (Å²) in [5, 5.41) is 8.55. The normalized spacial score (nSPS) is 22.7. The summed E-state index contributed by atoms with van der Waals surface area (Å²) in [6.07, 6.45) is 3.12. The van der Waals surface area contributed by atoms with Crippen molar-refractivity contribution in [3.63, 3.8) is 0 Å². The molecule has 5 rings (SSSR count). The third-order valence-corrected chi connectivity index (χ3v) is 5.49. The zero-order chi connectivity index (χ0) is 17.0. The van der Waals surface area contributed by atoms with Crippen molar-refractivity contribution in [1.82, 2.24) is 24.9 Å². The van der Waals surface area contributed by atoms with E-state index in [1.807, 2.05) is 30.6 Å². The van der Waals surface area contributed by atoms with Crippen LogP contribution in [0.15, 0.2) is 30.5 Å². The Bertz CT molecular complexity index is 934.